The fourth-order valence-electron chi connectivity index (χ4n) is 2.20. The minimum absolute atomic E-state index is 0. The van der Waals surface area contributed by atoms with Gasteiger partial charge in [0, 0.05) is 36.2 Å². The van der Waals surface area contributed by atoms with Crippen LogP contribution in [0.1, 0.15) is 11.6 Å². The molecular formula is C12H18BrClN2O2. The SMILES string of the molecule is Cl.OC[C@@H](c1cc(Br)ccc1O)N1CCNCC1. The number of halogens is 2. The number of nitrogens with zero attached hydrogens (tertiary/aromatic N) is 1. The van der Waals surface area contributed by atoms with Gasteiger partial charge in [-0.05, 0) is 18.2 Å². The number of phenolic OH excluding ortho intramolecular Hbond substituents is 1. The predicted molar refractivity (Wildman–Crippen MR) is 77.3 cm³/mol. The van der Waals surface area contributed by atoms with Crippen LogP contribution in [0.3, 0.4) is 0 Å². The lowest BCUT2D eigenvalue weighted by molar-refractivity contribution is 0.109. The van der Waals surface area contributed by atoms with Gasteiger partial charge in [-0.1, -0.05) is 15.9 Å². The molecule has 1 atom stereocenters. The second kappa shape index (κ2) is 7.31. The first kappa shape index (κ1) is 15.7. The van der Waals surface area contributed by atoms with Crippen LogP contribution in [0, 0.1) is 0 Å². The zero-order valence-corrected chi connectivity index (χ0v) is 12.4. The van der Waals surface area contributed by atoms with Gasteiger partial charge in [-0.15, -0.1) is 12.4 Å². The van der Waals surface area contributed by atoms with E-state index in [0.29, 0.717) is 0 Å². The van der Waals surface area contributed by atoms with Crippen molar-refractivity contribution in [3.63, 3.8) is 0 Å². The van der Waals surface area contributed by atoms with Gasteiger partial charge in [-0.3, -0.25) is 4.90 Å². The molecule has 1 fully saturated rings. The molecule has 102 valence electrons. The maximum atomic E-state index is 9.89. The summed E-state index contributed by atoms with van der Waals surface area (Å²) in [6, 6.07) is 5.20. The number of nitrogens with one attached hydrogen (secondary N) is 1. The Balaban J connectivity index is 0.00000162. The van der Waals surface area contributed by atoms with E-state index in [9.17, 15) is 10.2 Å². The quantitative estimate of drug-likeness (QED) is 0.783. The number of benzene rings is 1. The maximum Gasteiger partial charge on any atom is 0.120 e. The molecule has 6 heteroatoms. The Labute approximate surface area is 122 Å². The van der Waals surface area contributed by atoms with Gasteiger partial charge in [0.05, 0.1) is 12.6 Å². The summed E-state index contributed by atoms with van der Waals surface area (Å²) in [6.07, 6.45) is 0. The van der Waals surface area contributed by atoms with E-state index in [1.165, 1.54) is 0 Å². The Morgan fingerprint density at radius 1 is 1.33 bits per heavy atom. The molecule has 0 amide bonds. The fraction of sp³-hybridized carbons (Fsp3) is 0.500. The van der Waals surface area contributed by atoms with Crippen LogP contribution in [0.5, 0.6) is 5.75 Å². The average molecular weight is 338 g/mol. The Bertz CT molecular complexity index is 386. The van der Waals surface area contributed by atoms with E-state index in [-0.39, 0.29) is 30.8 Å². The second-order valence-corrected chi connectivity index (χ2v) is 5.10. The zero-order valence-electron chi connectivity index (χ0n) is 9.97. The van der Waals surface area contributed by atoms with Gasteiger partial charge >= 0.3 is 0 Å². The molecule has 0 aromatic heterocycles. The van der Waals surface area contributed by atoms with Crippen molar-refractivity contribution in [3.8, 4) is 5.75 Å². The highest BCUT2D eigenvalue weighted by molar-refractivity contribution is 9.10. The largest absolute Gasteiger partial charge is 0.508 e. The maximum absolute atomic E-state index is 9.89. The van der Waals surface area contributed by atoms with Crippen molar-refractivity contribution in [2.45, 2.75) is 6.04 Å². The van der Waals surface area contributed by atoms with E-state index < -0.39 is 0 Å². The number of hydrogen-bond acceptors (Lipinski definition) is 4. The van der Waals surface area contributed by atoms with Crippen LogP contribution >= 0.6 is 28.3 Å². The number of aliphatic hydroxyl groups excluding tert-OH is 1. The lowest BCUT2D eigenvalue weighted by atomic mass is 10.0. The van der Waals surface area contributed by atoms with Crippen molar-refractivity contribution in [3.05, 3.63) is 28.2 Å². The van der Waals surface area contributed by atoms with E-state index in [4.69, 9.17) is 0 Å². The molecule has 1 aromatic rings. The van der Waals surface area contributed by atoms with Gasteiger partial charge in [0.25, 0.3) is 0 Å². The number of aliphatic hydroxyl groups is 1. The van der Waals surface area contributed by atoms with Crippen LogP contribution in [-0.4, -0.2) is 47.9 Å². The smallest absolute Gasteiger partial charge is 0.120 e. The molecule has 2 rings (SSSR count). The van der Waals surface area contributed by atoms with Crippen molar-refractivity contribution in [1.29, 1.82) is 0 Å². The summed E-state index contributed by atoms with van der Waals surface area (Å²) in [5.74, 6) is 0.241. The molecule has 0 saturated carbocycles. The molecule has 1 aliphatic heterocycles. The van der Waals surface area contributed by atoms with Crippen molar-refractivity contribution >= 4 is 28.3 Å². The molecule has 1 heterocycles. The van der Waals surface area contributed by atoms with Crippen LogP contribution in [0.15, 0.2) is 22.7 Å². The van der Waals surface area contributed by atoms with Gasteiger partial charge < -0.3 is 15.5 Å². The molecular weight excluding hydrogens is 320 g/mol. The molecule has 0 radical (unpaired) electrons. The number of rotatable bonds is 3. The number of aromatic hydroxyl groups is 1. The van der Waals surface area contributed by atoms with E-state index >= 15 is 0 Å². The zero-order chi connectivity index (χ0) is 12.3. The van der Waals surface area contributed by atoms with Crippen LogP contribution in [-0.2, 0) is 0 Å². The van der Waals surface area contributed by atoms with E-state index in [2.05, 4.69) is 26.1 Å². The first-order valence-electron chi connectivity index (χ1n) is 5.76. The fourth-order valence-corrected chi connectivity index (χ4v) is 2.58. The van der Waals surface area contributed by atoms with Crippen molar-refractivity contribution in [2.24, 2.45) is 0 Å². The third kappa shape index (κ3) is 3.59. The summed E-state index contributed by atoms with van der Waals surface area (Å²) in [6.45, 7) is 3.63. The number of hydrogen-bond donors (Lipinski definition) is 3. The minimum Gasteiger partial charge on any atom is -0.508 e. The standard InChI is InChI=1S/C12H17BrN2O2.ClH/c13-9-1-2-12(17)10(7-9)11(8-16)15-5-3-14-4-6-15;/h1-2,7,11,14,16-17H,3-6,8H2;1H/t11-;/m0./s1. The monoisotopic (exact) mass is 336 g/mol. The molecule has 1 aliphatic rings. The first-order chi connectivity index (χ1) is 8.22. The summed E-state index contributed by atoms with van der Waals surface area (Å²) in [7, 11) is 0. The number of piperazine rings is 1. The molecule has 1 saturated heterocycles. The topological polar surface area (TPSA) is 55.7 Å². The van der Waals surface area contributed by atoms with Gasteiger partial charge in [-0.25, -0.2) is 0 Å². The first-order valence-corrected chi connectivity index (χ1v) is 6.55. The van der Waals surface area contributed by atoms with E-state index in [1.807, 2.05) is 6.07 Å². The number of phenols is 1. The Hall–Kier alpha value is -0.330. The lowest BCUT2D eigenvalue weighted by Gasteiger charge is -2.34. The second-order valence-electron chi connectivity index (χ2n) is 4.19. The summed E-state index contributed by atoms with van der Waals surface area (Å²) < 4.78 is 0.916. The molecule has 18 heavy (non-hydrogen) atoms. The van der Waals surface area contributed by atoms with Crippen molar-refractivity contribution in [2.75, 3.05) is 32.8 Å². The summed E-state index contributed by atoms with van der Waals surface area (Å²) in [5.41, 5.74) is 0.781. The van der Waals surface area contributed by atoms with Crippen molar-refractivity contribution < 1.29 is 10.2 Å². The van der Waals surface area contributed by atoms with Crippen LogP contribution in [0.4, 0.5) is 0 Å². The normalized spacial score (nSPS) is 18.1. The molecule has 0 spiro atoms. The molecule has 3 N–H and O–H groups in total. The van der Waals surface area contributed by atoms with Gasteiger partial charge in [0.2, 0.25) is 0 Å². The molecule has 0 aliphatic carbocycles. The van der Waals surface area contributed by atoms with Gasteiger partial charge in [-0.2, -0.15) is 0 Å². The predicted octanol–water partition coefficient (Wildman–Crippen LogP) is 1.52. The highest BCUT2D eigenvalue weighted by Gasteiger charge is 2.23. The van der Waals surface area contributed by atoms with Crippen LogP contribution in [0.2, 0.25) is 0 Å². The molecule has 0 bridgehead atoms. The van der Waals surface area contributed by atoms with Gasteiger partial charge in [0.15, 0.2) is 0 Å². The average Bonchev–Trinajstić information content (AvgIpc) is 2.36. The molecule has 4 nitrogen and oxygen atoms in total. The lowest BCUT2D eigenvalue weighted by Crippen LogP contribution is -2.46. The van der Waals surface area contributed by atoms with E-state index in [1.54, 1.807) is 12.1 Å². The minimum atomic E-state index is -0.130. The third-order valence-corrected chi connectivity index (χ3v) is 3.61. The summed E-state index contributed by atoms with van der Waals surface area (Å²) in [4.78, 5) is 2.19. The molecule has 1 aromatic carbocycles. The Morgan fingerprint density at radius 2 is 2.00 bits per heavy atom. The van der Waals surface area contributed by atoms with Crippen LogP contribution < -0.4 is 5.32 Å². The Kier molecular flexibility index (Phi) is 6.38. The Morgan fingerprint density at radius 3 is 2.61 bits per heavy atom. The third-order valence-electron chi connectivity index (χ3n) is 3.11. The summed E-state index contributed by atoms with van der Waals surface area (Å²) in [5, 5.41) is 22.7. The van der Waals surface area contributed by atoms with Crippen LogP contribution in [0.25, 0.3) is 0 Å². The van der Waals surface area contributed by atoms with Gasteiger partial charge in [0.1, 0.15) is 5.75 Å². The highest BCUT2D eigenvalue weighted by atomic mass is 79.9. The van der Waals surface area contributed by atoms with Crippen molar-refractivity contribution in [1.82, 2.24) is 10.2 Å². The molecule has 0 unspecified atom stereocenters. The van der Waals surface area contributed by atoms with E-state index in [0.717, 1.165) is 36.2 Å². The summed E-state index contributed by atoms with van der Waals surface area (Å²) >= 11 is 3.39. The highest BCUT2D eigenvalue weighted by Crippen LogP contribution is 2.31.